The van der Waals surface area contributed by atoms with Crippen LogP contribution >= 0.6 is 0 Å². The molecule has 1 fully saturated rings. The van der Waals surface area contributed by atoms with E-state index in [4.69, 9.17) is 4.74 Å². The molecule has 0 spiro atoms. The lowest BCUT2D eigenvalue weighted by molar-refractivity contribution is -0.139. The number of alkyl halides is 3. The molecule has 1 heterocycles. The van der Waals surface area contributed by atoms with Crippen molar-refractivity contribution in [2.45, 2.75) is 64.1 Å². The Morgan fingerprint density at radius 1 is 1.14 bits per heavy atom. The molecule has 0 N–H and O–H groups in total. The third-order valence-corrected chi connectivity index (χ3v) is 4.80. The molecular weight excluding hydrogens is 369 g/mol. The Bertz CT molecular complexity index is 876. The molecule has 1 aliphatic rings. The molecule has 1 aromatic carbocycles. The predicted molar refractivity (Wildman–Crippen MR) is 101 cm³/mol. The Hall–Kier alpha value is -2.31. The van der Waals surface area contributed by atoms with E-state index < -0.39 is 17.3 Å². The van der Waals surface area contributed by atoms with Gasteiger partial charge in [0.05, 0.1) is 12.3 Å². The van der Waals surface area contributed by atoms with Crippen molar-refractivity contribution >= 4 is 0 Å². The molecule has 2 aromatic rings. The highest BCUT2D eigenvalue weighted by Gasteiger charge is 2.37. The van der Waals surface area contributed by atoms with E-state index in [0.717, 1.165) is 23.6 Å². The van der Waals surface area contributed by atoms with Crippen LogP contribution in [0.4, 0.5) is 13.2 Å². The second-order valence-corrected chi connectivity index (χ2v) is 8.26. The topological polar surface area (TPSA) is 44.1 Å². The molecule has 4 nitrogen and oxygen atoms in total. The maximum atomic E-state index is 13.2. The van der Waals surface area contributed by atoms with Crippen LogP contribution in [0.3, 0.4) is 0 Å². The van der Waals surface area contributed by atoms with Gasteiger partial charge in [0.1, 0.15) is 11.3 Å². The van der Waals surface area contributed by atoms with E-state index in [1.54, 1.807) is 0 Å². The summed E-state index contributed by atoms with van der Waals surface area (Å²) in [5.74, 6) is 0.724. The molecule has 0 bridgehead atoms. The lowest BCUT2D eigenvalue weighted by atomic mass is 9.87. The van der Waals surface area contributed by atoms with Crippen LogP contribution in [0.5, 0.6) is 5.75 Å². The van der Waals surface area contributed by atoms with Crippen LogP contribution in [-0.2, 0) is 18.1 Å². The van der Waals surface area contributed by atoms with Gasteiger partial charge < -0.3 is 4.74 Å². The van der Waals surface area contributed by atoms with Gasteiger partial charge in [-0.3, -0.25) is 4.79 Å². The molecule has 0 amide bonds. The first-order valence-corrected chi connectivity index (χ1v) is 9.48. The standard InChI is InChI=1S/C21H25F3N2O2/c1-20(2,3)15-7-9-16(10-8-15)28-12-4-11-26-19(27)17(21(22,23)24)13-18(25-26)14-5-6-14/h7-10,13-14H,4-6,11-12H2,1-3H3. The Balaban J connectivity index is 1.63. The second-order valence-electron chi connectivity index (χ2n) is 8.26. The fourth-order valence-electron chi connectivity index (χ4n) is 2.95. The average Bonchev–Trinajstić information content (AvgIpc) is 3.43. The van der Waals surface area contributed by atoms with Crippen molar-refractivity contribution in [1.29, 1.82) is 0 Å². The van der Waals surface area contributed by atoms with Crippen LogP contribution in [0.2, 0.25) is 0 Å². The van der Waals surface area contributed by atoms with Gasteiger partial charge in [0.2, 0.25) is 0 Å². The minimum absolute atomic E-state index is 0.0329. The molecule has 1 aliphatic carbocycles. The predicted octanol–water partition coefficient (Wildman–Crippen LogP) is 4.91. The van der Waals surface area contributed by atoms with Crippen molar-refractivity contribution in [1.82, 2.24) is 9.78 Å². The zero-order chi connectivity index (χ0) is 20.5. The van der Waals surface area contributed by atoms with Gasteiger partial charge in [-0.05, 0) is 42.0 Å². The highest BCUT2D eigenvalue weighted by Crippen LogP contribution is 2.40. The summed E-state index contributed by atoms with van der Waals surface area (Å²) in [4.78, 5) is 12.1. The van der Waals surface area contributed by atoms with Gasteiger partial charge in [-0.25, -0.2) is 4.68 Å². The van der Waals surface area contributed by atoms with Gasteiger partial charge >= 0.3 is 6.18 Å². The third-order valence-electron chi connectivity index (χ3n) is 4.80. The molecule has 28 heavy (non-hydrogen) atoms. The second kappa shape index (κ2) is 7.60. The van der Waals surface area contributed by atoms with Crippen LogP contribution < -0.4 is 10.3 Å². The Morgan fingerprint density at radius 3 is 2.32 bits per heavy atom. The minimum Gasteiger partial charge on any atom is -0.494 e. The fourth-order valence-corrected chi connectivity index (χ4v) is 2.95. The van der Waals surface area contributed by atoms with E-state index >= 15 is 0 Å². The first-order valence-electron chi connectivity index (χ1n) is 9.48. The Morgan fingerprint density at radius 2 is 1.79 bits per heavy atom. The Labute approximate surface area is 162 Å². The normalized spacial score (nSPS) is 14.9. The van der Waals surface area contributed by atoms with Gasteiger partial charge in [-0.2, -0.15) is 18.3 Å². The third kappa shape index (κ3) is 4.94. The summed E-state index contributed by atoms with van der Waals surface area (Å²) in [7, 11) is 0. The summed E-state index contributed by atoms with van der Waals surface area (Å²) in [6, 6.07) is 8.65. The number of hydrogen-bond acceptors (Lipinski definition) is 3. The smallest absolute Gasteiger partial charge is 0.421 e. The molecule has 0 aliphatic heterocycles. The van der Waals surface area contributed by atoms with E-state index in [1.165, 1.54) is 5.56 Å². The summed E-state index contributed by atoms with van der Waals surface area (Å²) in [6.45, 7) is 6.75. The van der Waals surface area contributed by atoms with Crippen molar-refractivity contribution in [2.24, 2.45) is 0 Å². The zero-order valence-electron chi connectivity index (χ0n) is 16.3. The van der Waals surface area contributed by atoms with Gasteiger partial charge in [-0.1, -0.05) is 32.9 Å². The quantitative estimate of drug-likeness (QED) is 0.654. The lowest BCUT2D eigenvalue weighted by Gasteiger charge is -2.19. The van der Waals surface area contributed by atoms with E-state index in [0.29, 0.717) is 17.9 Å². The van der Waals surface area contributed by atoms with Gasteiger partial charge in [0.25, 0.3) is 5.56 Å². The highest BCUT2D eigenvalue weighted by molar-refractivity contribution is 5.31. The van der Waals surface area contributed by atoms with Gasteiger partial charge in [-0.15, -0.1) is 0 Å². The highest BCUT2D eigenvalue weighted by atomic mass is 19.4. The molecule has 3 rings (SSSR count). The summed E-state index contributed by atoms with van der Waals surface area (Å²) in [5.41, 5.74) is -0.638. The zero-order valence-corrected chi connectivity index (χ0v) is 16.3. The first-order chi connectivity index (χ1) is 13.1. The van der Waals surface area contributed by atoms with Crippen LogP contribution in [0.15, 0.2) is 35.1 Å². The summed E-state index contributed by atoms with van der Waals surface area (Å²) < 4.78 is 46.0. The summed E-state index contributed by atoms with van der Waals surface area (Å²) in [6.07, 6.45) is -2.65. The van der Waals surface area contributed by atoms with Crippen LogP contribution in [-0.4, -0.2) is 16.4 Å². The fraction of sp³-hybridized carbons (Fsp3) is 0.524. The molecule has 0 saturated heterocycles. The van der Waals surface area contributed by atoms with E-state index in [9.17, 15) is 18.0 Å². The van der Waals surface area contributed by atoms with E-state index in [1.807, 2.05) is 24.3 Å². The number of aromatic nitrogens is 2. The lowest BCUT2D eigenvalue weighted by Crippen LogP contribution is -2.32. The van der Waals surface area contributed by atoms with Gasteiger partial charge in [0, 0.05) is 18.9 Å². The Kier molecular flexibility index (Phi) is 5.55. The van der Waals surface area contributed by atoms with Crippen LogP contribution in [0.1, 0.15) is 62.8 Å². The number of aryl methyl sites for hydroxylation is 1. The SMILES string of the molecule is CC(C)(C)c1ccc(OCCCn2nc(C3CC3)cc(C(F)(F)F)c2=O)cc1. The largest absolute Gasteiger partial charge is 0.494 e. The van der Waals surface area contributed by atoms with Crippen molar-refractivity contribution in [3.8, 4) is 5.75 Å². The molecule has 0 atom stereocenters. The number of halogens is 3. The number of nitrogens with zero attached hydrogens (tertiary/aromatic N) is 2. The number of hydrogen-bond donors (Lipinski definition) is 0. The molecule has 152 valence electrons. The average molecular weight is 394 g/mol. The molecule has 1 saturated carbocycles. The van der Waals surface area contributed by atoms with Crippen molar-refractivity contribution in [2.75, 3.05) is 6.61 Å². The number of rotatable bonds is 6. The van der Waals surface area contributed by atoms with E-state index in [-0.39, 0.29) is 24.5 Å². The minimum atomic E-state index is -4.67. The van der Waals surface area contributed by atoms with Crippen LogP contribution in [0.25, 0.3) is 0 Å². The van der Waals surface area contributed by atoms with E-state index in [2.05, 4.69) is 25.9 Å². The maximum Gasteiger partial charge on any atom is 0.421 e. The van der Waals surface area contributed by atoms with Crippen LogP contribution in [0, 0.1) is 0 Å². The monoisotopic (exact) mass is 394 g/mol. The maximum absolute atomic E-state index is 13.2. The van der Waals surface area contributed by atoms with Crippen molar-refractivity contribution in [3.63, 3.8) is 0 Å². The molecule has 0 unspecified atom stereocenters. The molecular formula is C21H25F3N2O2. The number of ether oxygens (including phenoxy) is 1. The molecule has 1 aromatic heterocycles. The van der Waals surface area contributed by atoms with Gasteiger partial charge in [0.15, 0.2) is 0 Å². The van der Waals surface area contributed by atoms with Crippen molar-refractivity contribution in [3.05, 3.63) is 57.5 Å². The van der Waals surface area contributed by atoms with Crippen molar-refractivity contribution < 1.29 is 17.9 Å². The summed E-state index contributed by atoms with van der Waals surface area (Å²) in [5, 5.41) is 4.14. The molecule has 0 radical (unpaired) electrons. The molecule has 7 heteroatoms. The first kappa shape index (κ1) is 20.4. The number of benzene rings is 1. The summed E-state index contributed by atoms with van der Waals surface area (Å²) >= 11 is 0.